The summed E-state index contributed by atoms with van der Waals surface area (Å²) >= 11 is 0. The maximum absolute atomic E-state index is 12.1. The average molecular weight is 216 g/mol. The van der Waals surface area contributed by atoms with Crippen LogP contribution in [0.2, 0.25) is 0 Å². The van der Waals surface area contributed by atoms with E-state index in [1.165, 1.54) is 0 Å². The van der Waals surface area contributed by atoms with Crippen LogP contribution in [0.15, 0.2) is 24.5 Å². The molecule has 0 saturated heterocycles. The number of Topliss-reactive ketones (excluding diaryl/α,β-unsaturated/α-hetero) is 1. The summed E-state index contributed by atoms with van der Waals surface area (Å²) in [6.07, 6.45) is 4.80. The second-order valence-corrected chi connectivity index (χ2v) is 3.76. The van der Waals surface area contributed by atoms with Gasteiger partial charge in [0.15, 0.2) is 5.78 Å². The predicted octanol–water partition coefficient (Wildman–Crippen LogP) is 2.69. The van der Waals surface area contributed by atoms with Crippen molar-refractivity contribution < 1.29 is 4.79 Å². The molecule has 0 aromatic carbocycles. The van der Waals surface area contributed by atoms with Gasteiger partial charge in [0.05, 0.1) is 6.07 Å². The maximum atomic E-state index is 12.1. The van der Waals surface area contributed by atoms with Gasteiger partial charge in [-0.05, 0) is 24.5 Å². The Labute approximate surface area is 96.1 Å². The van der Waals surface area contributed by atoms with Crippen LogP contribution in [-0.4, -0.2) is 10.8 Å². The quantitative estimate of drug-likeness (QED) is 0.760. The maximum Gasteiger partial charge on any atom is 0.157 e. The second-order valence-electron chi connectivity index (χ2n) is 3.76. The smallest absolute Gasteiger partial charge is 0.157 e. The number of carbonyl (C=O) groups is 1. The number of nitriles is 1. The molecule has 0 radical (unpaired) electrons. The molecule has 84 valence electrons. The number of rotatable bonds is 5. The van der Waals surface area contributed by atoms with Gasteiger partial charge >= 0.3 is 0 Å². The third-order valence-corrected chi connectivity index (χ3v) is 2.82. The van der Waals surface area contributed by atoms with Crippen LogP contribution in [0.25, 0.3) is 0 Å². The summed E-state index contributed by atoms with van der Waals surface area (Å²) in [5.41, 5.74) is 0.696. The van der Waals surface area contributed by atoms with E-state index in [-0.39, 0.29) is 11.7 Å². The number of pyridine rings is 1. The first-order valence-corrected chi connectivity index (χ1v) is 5.57. The summed E-state index contributed by atoms with van der Waals surface area (Å²) < 4.78 is 0. The van der Waals surface area contributed by atoms with Crippen molar-refractivity contribution in [2.24, 2.45) is 5.92 Å². The van der Waals surface area contributed by atoms with Gasteiger partial charge in [-0.1, -0.05) is 19.9 Å². The van der Waals surface area contributed by atoms with Gasteiger partial charge in [0.25, 0.3) is 0 Å². The largest absolute Gasteiger partial charge is 0.298 e. The van der Waals surface area contributed by atoms with Gasteiger partial charge in [-0.25, -0.2) is 0 Å². The molecule has 1 atom stereocenters. The fraction of sp³-hybridized carbons (Fsp3) is 0.462. The Balaban J connectivity index is 2.92. The van der Waals surface area contributed by atoms with Gasteiger partial charge in [0.1, 0.15) is 5.92 Å². The molecule has 0 spiro atoms. The number of hydrogen-bond donors (Lipinski definition) is 0. The highest BCUT2D eigenvalue weighted by Crippen LogP contribution is 2.22. The summed E-state index contributed by atoms with van der Waals surface area (Å²) in [4.78, 5) is 16.0. The normalized spacial score (nSPS) is 12.1. The van der Waals surface area contributed by atoms with E-state index in [0.29, 0.717) is 5.56 Å². The Morgan fingerprint density at radius 1 is 1.50 bits per heavy atom. The van der Waals surface area contributed by atoms with E-state index >= 15 is 0 Å². The molecule has 3 heteroatoms. The zero-order valence-electron chi connectivity index (χ0n) is 9.68. The minimum absolute atomic E-state index is 0.0144. The summed E-state index contributed by atoms with van der Waals surface area (Å²) in [6.45, 7) is 3.95. The summed E-state index contributed by atoms with van der Waals surface area (Å²) in [5, 5.41) is 9.09. The Bertz CT molecular complexity index is 377. The zero-order valence-corrected chi connectivity index (χ0v) is 9.68. The van der Waals surface area contributed by atoms with E-state index in [1.54, 1.807) is 24.5 Å². The van der Waals surface area contributed by atoms with Crippen LogP contribution in [-0.2, 0) is 4.79 Å². The van der Waals surface area contributed by atoms with Crippen LogP contribution in [0.4, 0.5) is 0 Å². The molecule has 0 amide bonds. The third kappa shape index (κ3) is 2.66. The summed E-state index contributed by atoms with van der Waals surface area (Å²) in [5.74, 6) is -0.677. The van der Waals surface area contributed by atoms with Crippen molar-refractivity contribution in [1.29, 1.82) is 5.26 Å². The molecule has 16 heavy (non-hydrogen) atoms. The Hall–Kier alpha value is -1.69. The lowest BCUT2D eigenvalue weighted by molar-refractivity contribution is -0.123. The first-order valence-electron chi connectivity index (χ1n) is 5.57. The lowest BCUT2D eigenvalue weighted by atomic mass is 9.86. The van der Waals surface area contributed by atoms with Gasteiger partial charge in [0.2, 0.25) is 0 Å². The highest BCUT2D eigenvalue weighted by atomic mass is 16.1. The van der Waals surface area contributed by atoms with Gasteiger partial charge < -0.3 is 0 Å². The summed E-state index contributed by atoms with van der Waals surface area (Å²) in [7, 11) is 0. The first kappa shape index (κ1) is 12.4. The Morgan fingerprint density at radius 3 is 2.62 bits per heavy atom. The van der Waals surface area contributed by atoms with Crippen molar-refractivity contribution in [3.8, 4) is 6.07 Å². The molecular formula is C13H16N2O. The number of aromatic nitrogens is 1. The van der Waals surface area contributed by atoms with E-state index < -0.39 is 5.92 Å². The standard InChI is InChI=1S/C13H16N2O/c1-3-10(4-2)13(16)12(8-14)11-6-5-7-15-9-11/h5-7,9-10,12H,3-4H2,1-2H3. The molecule has 0 aliphatic carbocycles. The molecule has 1 rings (SSSR count). The molecule has 0 aliphatic rings. The van der Waals surface area contributed by atoms with E-state index in [1.807, 2.05) is 13.8 Å². The molecule has 1 heterocycles. The van der Waals surface area contributed by atoms with Crippen LogP contribution in [0.5, 0.6) is 0 Å². The second kappa shape index (κ2) is 6.02. The predicted molar refractivity (Wildman–Crippen MR) is 61.7 cm³/mol. The van der Waals surface area contributed by atoms with E-state index in [4.69, 9.17) is 5.26 Å². The van der Waals surface area contributed by atoms with Gasteiger partial charge in [0, 0.05) is 18.3 Å². The third-order valence-electron chi connectivity index (χ3n) is 2.82. The van der Waals surface area contributed by atoms with Crippen molar-refractivity contribution in [3.05, 3.63) is 30.1 Å². The average Bonchev–Trinajstić information content (AvgIpc) is 2.33. The van der Waals surface area contributed by atoms with Crippen molar-refractivity contribution >= 4 is 5.78 Å². The molecule has 1 unspecified atom stereocenters. The SMILES string of the molecule is CCC(CC)C(=O)C(C#N)c1cccnc1. The number of hydrogen-bond acceptors (Lipinski definition) is 3. The van der Waals surface area contributed by atoms with E-state index in [0.717, 1.165) is 12.8 Å². The minimum Gasteiger partial charge on any atom is -0.298 e. The monoisotopic (exact) mass is 216 g/mol. The fourth-order valence-corrected chi connectivity index (χ4v) is 1.78. The van der Waals surface area contributed by atoms with Crippen molar-refractivity contribution in [3.63, 3.8) is 0 Å². The first-order chi connectivity index (χ1) is 7.74. The molecular weight excluding hydrogens is 200 g/mol. The van der Waals surface area contributed by atoms with Crippen LogP contribution in [0, 0.1) is 17.2 Å². The minimum atomic E-state index is -0.668. The topological polar surface area (TPSA) is 53.8 Å². The van der Waals surface area contributed by atoms with Crippen LogP contribution in [0.3, 0.4) is 0 Å². The number of nitrogens with zero attached hydrogens (tertiary/aromatic N) is 2. The van der Waals surface area contributed by atoms with Gasteiger partial charge in [-0.2, -0.15) is 5.26 Å². The molecule has 0 N–H and O–H groups in total. The van der Waals surface area contributed by atoms with Gasteiger partial charge in [-0.15, -0.1) is 0 Å². The van der Waals surface area contributed by atoms with Crippen molar-refractivity contribution in [1.82, 2.24) is 4.98 Å². The molecule has 1 aromatic heterocycles. The Kier molecular flexibility index (Phi) is 4.65. The molecule has 3 nitrogen and oxygen atoms in total. The highest BCUT2D eigenvalue weighted by Gasteiger charge is 2.25. The van der Waals surface area contributed by atoms with Crippen LogP contribution in [0.1, 0.15) is 38.2 Å². The highest BCUT2D eigenvalue weighted by molar-refractivity contribution is 5.90. The van der Waals surface area contributed by atoms with E-state index in [2.05, 4.69) is 11.1 Å². The molecule has 0 saturated carbocycles. The molecule has 1 aromatic rings. The number of carbonyl (C=O) groups excluding carboxylic acids is 1. The van der Waals surface area contributed by atoms with Crippen molar-refractivity contribution in [2.75, 3.05) is 0 Å². The molecule has 0 aliphatic heterocycles. The molecule has 0 fully saturated rings. The van der Waals surface area contributed by atoms with Gasteiger partial charge in [-0.3, -0.25) is 9.78 Å². The van der Waals surface area contributed by atoms with E-state index in [9.17, 15) is 4.79 Å². The zero-order chi connectivity index (χ0) is 12.0. The summed E-state index contributed by atoms with van der Waals surface area (Å²) in [6, 6.07) is 5.61. The van der Waals surface area contributed by atoms with Crippen LogP contribution >= 0.6 is 0 Å². The fourth-order valence-electron chi connectivity index (χ4n) is 1.78. The molecule has 0 bridgehead atoms. The van der Waals surface area contributed by atoms with Crippen molar-refractivity contribution in [2.45, 2.75) is 32.6 Å². The van der Waals surface area contributed by atoms with Crippen LogP contribution < -0.4 is 0 Å². The lowest BCUT2D eigenvalue weighted by Gasteiger charge is -2.15. The number of ketones is 1. The lowest BCUT2D eigenvalue weighted by Crippen LogP contribution is -2.20. The Morgan fingerprint density at radius 2 is 2.19 bits per heavy atom.